The molecule has 0 aromatic heterocycles. The van der Waals surface area contributed by atoms with Crippen molar-refractivity contribution in [2.75, 3.05) is 0 Å². The normalized spacial score (nSPS) is 19.7. The van der Waals surface area contributed by atoms with E-state index in [9.17, 15) is 44.3 Å². The first-order valence-electron chi connectivity index (χ1n) is 9.12. The zero-order valence-corrected chi connectivity index (χ0v) is 18.5. The highest BCUT2D eigenvalue weighted by molar-refractivity contribution is 14.1. The van der Waals surface area contributed by atoms with Crippen LogP contribution in [0, 0.1) is 3.57 Å². The molecule has 1 saturated heterocycles. The van der Waals surface area contributed by atoms with Gasteiger partial charge in [0.1, 0.15) is 6.10 Å². The van der Waals surface area contributed by atoms with Crippen LogP contribution in [0.2, 0.25) is 0 Å². The summed E-state index contributed by atoms with van der Waals surface area (Å²) in [5, 5.41) is 0. The van der Waals surface area contributed by atoms with Crippen LogP contribution in [0.5, 0.6) is 0 Å². The number of alkyl halides is 9. The molecule has 13 heteroatoms. The van der Waals surface area contributed by atoms with E-state index in [0.717, 1.165) is 35.2 Å². The van der Waals surface area contributed by atoms with Gasteiger partial charge in [-0.3, -0.25) is 4.90 Å². The molecular formula is C20H13F9INO2. The Balaban J connectivity index is 2.01. The van der Waals surface area contributed by atoms with Crippen LogP contribution in [-0.2, 0) is 29.8 Å². The third-order valence-electron chi connectivity index (χ3n) is 5.10. The lowest BCUT2D eigenvalue weighted by molar-refractivity contribution is -0.163. The smallest absolute Gasteiger partial charge is 0.417 e. The predicted octanol–water partition coefficient (Wildman–Crippen LogP) is 7.43. The van der Waals surface area contributed by atoms with Crippen LogP contribution in [0.4, 0.5) is 44.3 Å². The highest BCUT2D eigenvalue weighted by Crippen LogP contribution is 2.46. The standard InChI is InChI=1S/C20H13F9INO2/c1-9-16(12-3-2-4-13(19(24,25)26)15(12)20(27,28)29)33-17(32)31(9)8-10-7-11(18(21,22)23)5-6-14(10)30/h2-7,9,16H,8H2,1H3/t9-,16-/m0/s1. The summed E-state index contributed by atoms with van der Waals surface area (Å²) in [6.07, 6.45) is -18.3. The van der Waals surface area contributed by atoms with Crippen molar-refractivity contribution in [2.45, 2.75) is 44.1 Å². The number of carbonyl (C=O) groups excluding carboxylic acids is 1. The number of ether oxygens (including phenoxy) is 1. The molecule has 0 unspecified atom stereocenters. The van der Waals surface area contributed by atoms with Crippen LogP contribution in [-0.4, -0.2) is 17.0 Å². The fraction of sp³-hybridized carbons (Fsp3) is 0.350. The van der Waals surface area contributed by atoms with Crippen LogP contribution < -0.4 is 0 Å². The monoisotopic (exact) mass is 597 g/mol. The third kappa shape index (κ3) is 5.17. The molecule has 1 aliphatic rings. The van der Waals surface area contributed by atoms with Crippen LogP contribution in [0.25, 0.3) is 0 Å². The van der Waals surface area contributed by atoms with Crippen LogP contribution in [0.1, 0.15) is 40.8 Å². The van der Waals surface area contributed by atoms with Gasteiger partial charge >= 0.3 is 24.6 Å². The first-order chi connectivity index (χ1) is 15.0. The second-order valence-electron chi connectivity index (χ2n) is 7.24. The fourth-order valence-corrected chi connectivity index (χ4v) is 4.06. The van der Waals surface area contributed by atoms with Crippen molar-refractivity contribution in [2.24, 2.45) is 0 Å². The zero-order valence-electron chi connectivity index (χ0n) is 16.4. The molecule has 2 atom stereocenters. The Hall–Kier alpha value is -2.19. The van der Waals surface area contributed by atoms with Crippen molar-refractivity contribution in [3.63, 3.8) is 0 Å². The molecule has 0 N–H and O–H groups in total. The highest BCUT2D eigenvalue weighted by atomic mass is 127. The molecule has 180 valence electrons. The molecule has 2 aromatic rings. The summed E-state index contributed by atoms with van der Waals surface area (Å²) < 4.78 is 125. The number of nitrogens with zero attached hydrogens (tertiary/aromatic N) is 1. The number of rotatable bonds is 3. The summed E-state index contributed by atoms with van der Waals surface area (Å²) in [6.45, 7) is 0.801. The SMILES string of the molecule is C[C@H]1[C@@H](c2cccc(C(F)(F)F)c2C(F)(F)F)OC(=O)N1Cc1cc(C(F)(F)F)ccc1I. The summed E-state index contributed by atoms with van der Waals surface area (Å²) in [4.78, 5) is 13.3. The topological polar surface area (TPSA) is 29.5 Å². The summed E-state index contributed by atoms with van der Waals surface area (Å²) in [5.41, 5.74) is -5.74. The molecule has 1 fully saturated rings. The Labute approximate surface area is 194 Å². The lowest BCUT2D eigenvalue weighted by Crippen LogP contribution is -2.32. The molecule has 0 saturated carbocycles. The van der Waals surface area contributed by atoms with Gasteiger partial charge < -0.3 is 4.74 Å². The van der Waals surface area contributed by atoms with E-state index in [2.05, 4.69) is 0 Å². The minimum Gasteiger partial charge on any atom is -0.439 e. The van der Waals surface area contributed by atoms with Crippen molar-refractivity contribution in [1.29, 1.82) is 0 Å². The van der Waals surface area contributed by atoms with E-state index in [1.807, 2.05) is 0 Å². The van der Waals surface area contributed by atoms with Crippen LogP contribution in [0.3, 0.4) is 0 Å². The molecule has 0 radical (unpaired) electrons. The van der Waals surface area contributed by atoms with E-state index in [4.69, 9.17) is 4.74 Å². The summed E-state index contributed by atoms with van der Waals surface area (Å²) in [7, 11) is 0. The molecule has 3 rings (SSSR count). The van der Waals surface area contributed by atoms with Crippen molar-refractivity contribution >= 4 is 28.7 Å². The largest absolute Gasteiger partial charge is 0.439 e. The van der Waals surface area contributed by atoms with Gasteiger partial charge in [-0.1, -0.05) is 12.1 Å². The number of hydrogen-bond donors (Lipinski definition) is 0. The van der Waals surface area contributed by atoms with Gasteiger partial charge in [0.15, 0.2) is 0 Å². The number of benzene rings is 2. The van der Waals surface area contributed by atoms with Gasteiger partial charge in [0, 0.05) is 9.13 Å². The van der Waals surface area contributed by atoms with E-state index in [1.165, 1.54) is 6.92 Å². The molecule has 0 bridgehead atoms. The maximum absolute atomic E-state index is 13.6. The van der Waals surface area contributed by atoms with E-state index in [1.54, 1.807) is 22.6 Å². The molecule has 1 aliphatic heterocycles. The molecule has 0 aliphatic carbocycles. The van der Waals surface area contributed by atoms with Gasteiger partial charge in [-0.05, 0) is 59.3 Å². The molecule has 1 amide bonds. The maximum Gasteiger partial charge on any atom is 0.417 e. The number of halogens is 10. The number of carbonyl (C=O) groups is 1. The number of cyclic esters (lactones) is 1. The predicted molar refractivity (Wildman–Crippen MR) is 105 cm³/mol. The molecule has 3 nitrogen and oxygen atoms in total. The summed E-state index contributed by atoms with van der Waals surface area (Å²) in [6, 6.07) is 3.41. The van der Waals surface area contributed by atoms with Crippen molar-refractivity contribution < 1.29 is 49.0 Å². The van der Waals surface area contributed by atoms with Crippen molar-refractivity contribution in [1.82, 2.24) is 4.90 Å². The minimum absolute atomic E-state index is 0.0509. The first-order valence-corrected chi connectivity index (χ1v) is 10.2. The van der Waals surface area contributed by atoms with Gasteiger partial charge in [0.05, 0.1) is 29.3 Å². The third-order valence-corrected chi connectivity index (χ3v) is 6.15. The zero-order chi connectivity index (χ0) is 24.9. The summed E-state index contributed by atoms with van der Waals surface area (Å²) >= 11 is 1.73. The van der Waals surface area contributed by atoms with Gasteiger partial charge in [0.25, 0.3) is 0 Å². The van der Waals surface area contributed by atoms with Crippen molar-refractivity contribution in [3.8, 4) is 0 Å². The van der Waals surface area contributed by atoms with E-state index in [0.29, 0.717) is 3.57 Å². The van der Waals surface area contributed by atoms with Gasteiger partial charge in [-0.25, -0.2) is 4.79 Å². The Morgan fingerprint density at radius 1 is 0.939 bits per heavy atom. The van der Waals surface area contributed by atoms with E-state index >= 15 is 0 Å². The molecule has 2 aromatic carbocycles. The summed E-state index contributed by atoms with van der Waals surface area (Å²) in [5.74, 6) is 0. The Bertz CT molecular complexity index is 1060. The lowest BCUT2D eigenvalue weighted by Gasteiger charge is -2.25. The Morgan fingerprint density at radius 3 is 2.12 bits per heavy atom. The van der Waals surface area contributed by atoms with E-state index < -0.39 is 65.6 Å². The fourth-order valence-electron chi connectivity index (χ4n) is 3.55. The lowest BCUT2D eigenvalue weighted by atomic mass is 9.93. The number of hydrogen-bond acceptors (Lipinski definition) is 2. The quantitative estimate of drug-likeness (QED) is 0.272. The molecule has 33 heavy (non-hydrogen) atoms. The van der Waals surface area contributed by atoms with Crippen LogP contribution >= 0.6 is 22.6 Å². The average Bonchev–Trinajstić information content (AvgIpc) is 2.95. The average molecular weight is 597 g/mol. The Morgan fingerprint density at radius 2 is 1.58 bits per heavy atom. The van der Waals surface area contributed by atoms with Gasteiger partial charge in [-0.2, -0.15) is 39.5 Å². The Kier molecular flexibility index (Phi) is 6.59. The van der Waals surface area contributed by atoms with E-state index in [-0.39, 0.29) is 11.6 Å². The maximum atomic E-state index is 13.6. The van der Waals surface area contributed by atoms with Crippen molar-refractivity contribution in [3.05, 3.63) is 67.8 Å². The first kappa shape index (κ1) is 25.4. The van der Waals surface area contributed by atoms with Crippen LogP contribution in [0.15, 0.2) is 36.4 Å². The second-order valence-corrected chi connectivity index (χ2v) is 8.40. The minimum atomic E-state index is -5.41. The van der Waals surface area contributed by atoms with Gasteiger partial charge in [0.2, 0.25) is 0 Å². The van der Waals surface area contributed by atoms with Gasteiger partial charge in [-0.15, -0.1) is 0 Å². The second kappa shape index (κ2) is 8.55. The number of amides is 1. The highest BCUT2D eigenvalue weighted by Gasteiger charge is 2.49. The molecule has 0 spiro atoms. The molecule has 1 heterocycles. The molecular weight excluding hydrogens is 584 g/mol.